The second-order valence-corrected chi connectivity index (χ2v) is 7.51. The minimum atomic E-state index is 0.673. The standard InChI is InChI=1S/C23H23N3O2S/c1-4-13-28-20-8-6-5-7-19(20)26-22-21-18(14-29-23(21)25-15(2)24-22)16-9-11-17(27-3)12-10-16/h5-12,14H,4,13H2,1-3H3,(H,24,25,26). The molecule has 29 heavy (non-hydrogen) atoms. The van der Waals surface area contributed by atoms with Crippen molar-refractivity contribution < 1.29 is 9.47 Å². The summed E-state index contributed by atoms with van der Waals surface area (Å²) in [6.07, 6.45) is 0.956. The first kappa shape index (κ1) is 19.2. The average molecular weight is 406 g/mol. The monoisotopic (exact) mass is 405 g/mol. The van der Waals surface area contributed by atoms with E-state index in [2.05, 4.69) is 34.7 Å². The second kappa shape index (κ2) is 8.49. The van der Waals surface area contributed by atoms with E-state index in [0.29, 0.717) is 6.61 Å². The van der Waals surface area contributed by atoms with Gasteiger partial charge in [0.1, 0.15) is 28.0 Å². The first-order valence-electron chi connectivity index (χ1n) is 9.58. The van der Waals surface area contributed by atoms with Gasteiger partial charge in [-0.05, 0) is 43.2 Å². The van der Waals surface area contributed by atoms with Crippen LogP contribution in [0.25, 0.3) is 21.3 Å². The molecule has 4 aromatic rings. The maximum Gasteiger partial charge on any atom is 0.143 e. The van der Waals surface area contributed by atoms with Gasteiger partial charge in [0.05, 0.1) is 24.8 Å². The lowest BCUT2D eigenvalue weighted by molar-refractivity contribution is 0.319. The van der Waals surface area contributed by atoms with E-state index in [1.54, 1.807) is 18.4 Å². The summed E-state index contributed by atoms with van der Waals surface area (Å²) in [5.74, 6) is 3.17. The number of rotatable bonds is 7. The highest BCUT2D eigenvalue weighted by molar-refractivity contribution is 7.17. The number of anilines is 2. The SMILES string of the molecule is CCCOc1ccccc1Nc1nc(C)nc2scc(-c3ccc(OC)cc3)c12. The number of hydrogen-bond acceptors (Lipinski definition) is 6. The Bertz CT molecular complexity index is 1120. The van der Waals surface area contributed by atoms with E-state index in [1.807, 2.05) is 43.3 Å². The minimum absolute atomic E-state index is 0.673. The van der Waals surface area contributed by atoms with Gasteiger partial charge < -0.3 is 14.8 Å². The quantitative estimate of drug-likeness (QED) is 0.396. The van der Waals surface area contributed by atoms with Gasteiger partial charge in [0.15, 0.2) is 0 Å². The highest BCUT2D eigenvalue weighted by Crippen LogP contribution is 2.39. The molecule has 2 aromatic carbocycles. The van der Waals surface area contributed by atoms with Crippen LogP contribution in [0.1, 0.15) is 19.2 Å². The summed E-state index contributed by atoms with van der Waals surface area (Å²) in [5, 5.41) is 6.63. The van der Waals surface area contributed by atoms with Crippen LogP contribution < -0.4 is 14.8 Å². The largest absolute Gasteiger partial charge is 0.497 e. The Balaban J connectivity index is 1.79. The van der Waals surface area contributed by atoms with E-state index in [4.69, 9.17) is 14.5 Å². The molecule has 0 unspecified atom stereocenters. The Morgan fingerprint density at radius 3 is 2.59 bits per heavy atom. The van der Waals surface area contributed by atoms with E-state index in [9.17, 15) is 0 Å². The molecule has 5 nitrogen and oxygen atoms in total. The van der Waals surface area contributed by atoms with Gasteiger partial charge in [0, 0.05) is 10.9 Å². The van der Waals surface area contributed by atoms with Crippen molar-refractivity contribution >= 4 is 33.1 Å². The third-order valence-corrected chi connectivity index (χ3v) is 5.42. The lowest BCUT2D eigenvalue weighted by Gasteiger charge is -2.14. The number of hydrogen-bond donors (Lipinski definition) is 1. The van der Waals surface area contributed by atoms with E-state index in [-0.39, 0.29) is 0 Å². The van der Waals surface area contributed by atoms with Crippen LogP contribution in [0.15, 0.2) is 53.9 Å². The summed E-state index contributed by atoms with van der Waals surface area (Å²) in [6.45, 7) is 4.68. The van der Waals surface area contributed by atoms with Gasteiger partial charge in [-0.2, -0.15) is 0 Å². The molecular weight excluding hydrogens is 382 g/mol. The number of aromatic nitrogens is 2. The predicted octanol–water partition coefficient (Wildman–Crippen LogP) is 6.21. The normalized spacial score (nSPS) is 10.9. The van der Waals surface area contributed by atoms with Gasteiger partial charge in [-0.3, -0.25) is 0 Å². The summed E-state index contributed by atoms with van der Waals surface area (Å²) in [6, 6.07) is 16.0. The van der Waals surface area contributed by atoms with Crippen LogP contribution in [0.5, 0.6) is 11.5 Å². The molecule has 0 bridgehead atoms. The number of fused-ring (bicyclic) bond motifs is 1. The van der Waals surface area contributed by atoms with Crippen LogP contribution in [-0.2, 0) is 0 Å². The first-order valence-corrected chi connectivity index (χ1v) is 10.5. The Morgan fingerprint density at radius 2 is 1.83 bits per heavy atom. The van der Waals surface area contributed by atoms with Crippen LogP contribution in [0.3, 0.4) is 0 Å². The van der Waals surface area contributed by atoms with Gasteiger partial charge >= 0.3 is 0 Å². The van der Waals surface area contributed by atoms with Crippen molar-refractivity contribution in [3.8, 4) is 22.6 Å². The number of nitrogens with zero attached hydrogens (tertiary/aromatic N) is 2. The minimum Gasteiger partial charge on any atom is -0.497 e. The molecular formula is C23H23N3O2S. The zero-order valence-electron chi connectivity index (χ0n) is 16.7. The van der Waals surface area contributed by atoms with Gasteiger partial charge in [-0.15, -0.1) is 11.3 Å². The topological polar surface area (TPSA) is 56.3 Å². The smallest absolute Gasteiger partial charge is 0.143 e. The van der Waals surface area contributed by atoms with Crippen molar-refractivity contribution in [2.24, 2.45) is 0 Å². The van der Waals surface area contributed by atoms with Crippen molar-refractivity contribution in [3.05, 3.63) is 59.7 Å². The molecule has 0 saturated carbocycles. The molecule has 0 saturated heterocycles. The predicted molar refractivity (Wildman–Crippen MR) is 120 cm³/mol. The van der Waals surface area contributed by atoms with Crippen LogP contribution in [0.2, 0.25) is 0 Å². The Kier molecular flexibility index (Phi) is 5.62. The van der Waals surface area contributed by atoms with Gasteiger partial charge in [-0.25, -0.2) is 9.97 Å². The van der Waals surface area contributed by atoms with Gasteiger partial charge in [-0.1, -0.05) is 31.2 Å². The highest BCUT2D eigenvalue weighted by Gasteiger charge is 2.16. The van der Waals surface area contributed by atoms with E-state index in [1.165, 1.54) is 0 Å². The Labute approximate surface area is 174 Å². The molecule has 0 amide bonds. The molecule has 6 heteroatoms. The van der Waals surface area contributed by atoms with Crippen molar-refractivity contribution in [1.29, 1.82) is 0 Å². The van der Waals surface area contributed by atoms with Crippen LogP contribution >= 0.6 is 11.3 Å². The first-order chi connectivity index (χ1) is 14.2. The third-order valence-electron chi connectivity index (χ3n) is 4.55. The fourth-order valence-corrected chi connectivity index (χ4v) is 4.15. The van der Waals surface area contributed by atoms with Gasteiger partial charge in [0.25, 0.3) is 0 Å². The average Bonchev–Trinajstić information content (AvgIpc) is 3.17. The summed E-state index contributed by atoms with van der Waals surface area (Å²) in [4.78, 5) is 10.3. The molecule has 1 N–H and O–H groups in total. The molecule has 148 valence electrons. The van der Waals surface area contributed by atoms with Crippen LogP contribution in [-0.4, -0.2) is 23.7 Å². The number of ether oxygens (including phenoxy) is 2. The lowest BCUT2D eigenvalue weighted by atomic mass is 10.1. The molecule has 0 radical (unpaired) electrons. The molecule has 2 aromatic heterocycles. The number of para-hydroxylation sites is 2. The van der Waals surface area contributed by atoms with Gasteiger partial charge in [0.2, 0.25) is 0 Å². The van der Waals surface area contributed by atoms with Crippen molar-refractivity contribution in [2.75, 3.05) is 19.0 Å². The highest BCUT2D eigenvalue weighted by atomic mass is 32.1. The second-order valence-electron chi connectivity index (χ2n) is 6.65. The number of aryl methyl sites for hydroxylation is 1. The fraction of sp³-hybridized carbons (Fsp3) is 0.217. The summed E-state index contributed by atoms with van der Waals surface area (Å²) in [7, 11) is 1.67. The van der Waals surface area contributed by atoms with E-state index < -0.39 is 0 Å². The van der Waals surface area contributed by atoms with E-state index >= 15 is 0 Å². The summed E-state index contributed by atoms with van der Waals surface area (Å²) >= 11 is 1.62. The summed E-state index contributed by atoms with van der Waals surface area (Å²) < 4.78 is 11.2. The third kappa shape index (κ3) is 4.03. The molecule has 0 aliphatic carbocycles. The van der Waals surface area contributed by atoms with Crippen molar-refractivity contribution in [3.63, 3.8) is 0 Å². The number of nitrogens with one attached hydrogen (secondary N) is 1. The maximum atomic E-state index is 5.91. The van der Waals surface area contributed by atoms with Crippen molar-refractivity contribution in [2.45, 2.75) is 20.3 Å². The molecule has 0 atom stereocenters. The molecule has 0 spiro atoms. The van der Waals surface area contributed by atoms with Crippen LogP contribution in [0, 0.1) is 6.92 Å². The maximum absolute atomic E-state index is 5.91. The number of benzene rings is 2. The lowest BCUT2D eigenvalue weighted by Crippen LogP contribution is -2.02. The number of thiophene rings is 1. The van der Waals surface area contributed by atoms with Crippen LogP contribution in [0.4, 0.5) is 11.5 Å². The molecule has 0 fully saturated rings. The van der Waals surface area contributed by atoms with Crippen molar-refractivity contribution in [1.82, 2.24) is 9.97 Å². The Morgan fingerprint density at radius 1 is 1.03 bits per heavy atom. The number of methoxy groups -OCH3 is 1. The zero-order valence-corrected chi connectivity index (χ0v) is 17.5. The molecule has 0 aliphatic heterocycles. The molecule has 2 heterocycles. The Hall–Kier alpha value is -3.12. The molecule has 4 rings (SSSR count). The zero-order chi connectivity index (χ0) is 20.2. The summed E-state index contributed by atoms with van der Waals surface area (Å²) in [5.41, 5.74) is 3.09. The fourth-order valence-electron chi connectivity index (χ4n) is 3.16. The van der Waals surface area contributed by atoms with E-state index in [0.717, 1.165) is 56.6 Å². The molecule has 0 aliphatic rings.